The lowest BCUT2D eigenvalue weighted by atomic mass is 9.92. The molecule has 4 aliphatic rings. The fourth-order valence-electron chi connectivity index (χ4n) is 5.44. The van der Waals surface area contributed by atoms with E-state index in [4.69, 9.17) is 14.2 Å². The summed E-state index contributed by atoms with van der Waals surface area (Å²) in [6.45, 7) is 1.22. The Morgan fingerprint density at radius 3 is 2.78 bits per heavy atom. The molecular formula is C28H25F2N3O7S. The predicted molar refractivity (Wildman–Crippen MR) is 139 cm³/mol. The van der Waals surface area contributed by atoms with Crippen LogP contribution in [-0.2, 0) is 29.6 Å². The second-order valence-electron chi connectivity index (χ2n) is 9.78. The number of halogens is 2. The molecule has 0 saturated carbocycles. The van der Waals surface area contributed by atoms with Gasteiger partial charge in [0, 0.05) is 29.0 Å². The van der Waals surface area contributed by atoms with Crippen LogP contribution in [0.1, 0.15) is 29.7 Å². The smallest absolute Gasteiger partial charge is 0.426 e. The quantitative estimate of drug-likeness (QED) is 0.538. The molecule has 4 heterocycles. The third-order valence-corrected chi connectivity index (χ3v) is 8.34. The van der Waals surface area contributed by atoms with Crippen molar-refractivity contribution in [3.05, 3.63) is 88.5 Å². The molecule has 1 unspecified atom stereocenters. The average Bonchev–Trinajstić information content (AvgIpc) is 3.13. The van der Waals surface area contributed by atoms with Gasteiger partial charge < -0.3 is 24.2 Å². The number of hydrogen-bond acceptors (Lipinski definition) is 10. The second-order valence-corrected chi connectivity index (χ2v) is 10.8. The Morgan fingerprint density at radius 2 is 1.98 bits per heavy atom. The molecule has 0 aromatic heterocycles. The highest BCUT2D eigenvalue weighted by Crippen LogP contribution is 2.47. The van der Waals surface area contributed by atoms with Crippen molar-refractivity contribution >= 4 is 29.6 Å². The maximum Gasteiger partial charge on any atom is 0.514 e. The van der Waals surface area contributed by atoms with E-state index in [2.05, 4.69) is 0 Å². The van der Waals surface area contributed by atoms with E-state index in [-0.39, 0.29) is 42.5 Å². The van der Waals surface area contributed by atoms with Crippen LogP contribution < -0.4 is 0 Å². The van der Waals surface area contributed by atoms with Gasteiger partial charge in [-0.15, -0.1) is 11.8 Å². The molecule has 0 bridgehead atoms. The number of ketones is 1. The molecule has 10 nitrogen and oxygen atoms in total. The van der Waals surface area contributed by atoms with E-state index in [9.17, 15) is 23.9 Å². The number of hydrazine groups is 1. The number of rotatable bonds is 4. The molecule has 13 heteroatoms. The molecule has 1 amide bonds. The van der Waals surface area contributed by atoms with Gasteiger partial charge in [0.05, 0.1) is 19.3 Å². The first-order valence-corrected chi connectivity index (χ1v) is 13.8. The minimum absolute atomic E-state index is 0.105. The Morgan fingerprint density at radius 1 is 1.17 bits per heavy atom. The zero-order valence-electron chi connectivity index (χ0n) is 21.8. The Balaban J connectivity index is 1.53. The summed E-state index contributed by atoms with van der Waals surface area (Å²) in [5, 5.41) is 14.0. The topological polar surface area (TPSA) is 109 Å². The highest BCUT2D eigenvalue weighted by Gasteiger charge is 2.51. The molecule has 4 aliphatic heterocycles. The van der Waals surface area contributed by atoms with Crippen LogP contribution in [0.15, 0.2) is 65.0 Å². The molecule has 0 aliphatic carbocycles. The van der Waals surface area contributed by atoms with E-state index in [1.54, 1.807) is 5.01 Å². The van der Waals surface area contributed by atoms with Crippen LogP contribution >= 0.6 is 11.8 Å². The van der Waals surface area contributed by atoms with Crippen molar-refractivity contribution in [2.75, 3.05) is 26.4 Å². The number of carbonyl (C=O) groups is 3. The lowest BCUT2D eigenvalue weighted by Gasteiger charge is -2.55. The summed E-state index contributed by atoms with van der Waals surface area (Å²) in [6, 6.07) is 9.35. The summed E-state index contributed by atoms with van der Waals surface area (Å²) in [6.07, 6.45) is -0.643. The van der Waals surface area contributed by atoms with Crippen molar-refractivity contribution in [3.63, 3.8) is 0 Å². The standard InChI is InChI=1S/C28H25F2N3O7S/c1-15(34)12-39-28(37)40-26-20(35)8-9-32-25(26)27(36)31-10-11-38-13-22(31)33(32)24-16-6-7-19(29)23(30)18(16)14-41-21-5-3-2-4-17(21)24/h2-9,20,22,24,35H,10-14H2,1H3/t20-,22?,24+/m1/s1. The van der Waals surface area contributed by atoms with E-state index < -0.39 is 54.4 Å². The normalized spacial score (nSPS) is 23.7. The maximum atomic E-state index is 15.3. The SMILES string of the molecule is CC(=O)COC(=O)OC1=C2C(=O)N3CCOCC3N([C@@H]3c4ccccc4SCc4c3ccc(F)c4F)N2C=C[C@H]1O. The first-order chi connectivity index (χ1) is 19.8. The number of nitrogens with zero attached hydrogens (tertiary/aromatic N) is 3. The highest BCUT2D eigenvalue weighted by molar-refractivity contribution is 7.98. The van der Waals surface area contributed by atoms with E-state index in [1.807, 2.05) is 24.3 Å². The number of thioether (sulfide) groups is 1. The number of aliphatic hydroxyl groups excluding tert-OH is 1. The van der Waals surface area contributed by atoms with Gasteiger partial charge in [0.2, 0.25) is 0 Å². The molecule has 3 atom stereocenters. The average molecular weight is 586 g/mol. The minimum Gasteiger partial charge on any atom is -0.426 e. The van der Waals surface area contributed by atoms with Gasteiger partial charge in [0.15, 0.2) is 35.5 Å². The lowest BCUT2D eigenvalue weighted by molar-refractivity contribution is -0.190. The molecule has 0 radical (unpaired) electrons. The zero-order valence-corrected chi connectivity index (χ0v) is 22.6. The van der Waals surface area contributed by atoms with Crippen molar-refractivity contribution in [1.29, 1.82) is 0 Å². The zero-order chi connectivity index (χ0) is 28.8. The number of morpholine rings is 1. The van der Waals surface area contributed by atoms with Gasteiger partial charge in [-0.1, -0.05) is 24.3 Å². The van der Waals surface area contributed by atoms with E-state index >= 15 is 4.39 Å². The summed E-state index contributed by atoms with van der Waals surface area (Å²) in [7, 11) is 0. The fourth-order valence-corrected chi connectivity index (χ4v) is 6.55. The summed E-state index contributed by atoms with van der Waals surface area (Å²) in [4.78, 5) is 40.0. The number of carbonyl (C=O) groups excluding carboxylic acids is 3. The molecule has 41 heavy (non-hydrogen) atoms. The van der Waals surface area contributed by atoms with Crippen LogP contribution in [0, 0.1) is 11.6 Å². The lowest BCUT2D eigenvalue weighted by Crippen LogP contribution is -2.68. The molecule has 0 spiro atoms. The van der Waals surface area contributed by atoms with Gasteiger partial charge in [-0.3, -0.25) is 14.6 Å². The second kappa shape index (κ2) is 10.9. The van der Waals surface area contributed by atoms with E-state index in [1.165, 1.54) is 46.9 Å². The third-order valence-electron chi connectivity index (χ3n) is 7.23. The third kappa shape index (κ3) is 4.78. The largest absolute Gasteiger partial charge is 0.514 e. The van der Waals surface area contributed by atoms with Crippen LogP contribution in [0.3, 0.4) is 0 Å². The number of hydrogen-bond donors (Lipinski definition) is 1. The van der Waals surface area contributed by atoms with Gasteiger partial charge in [0.1, 0.15) is 12.3 Å². The van der Waals surface area contributed by atoms with Crippen LogP contribution in [0.25, 0.3) is 0 Å². The minimum atomic E-state index is -1.48. The Kier molecular flexibility index (Phi) is 7.28. The predicted octanol–water partition coefficient (Wildman–Crippen LogP) is 3.22. The molecular weight excluding hydrogens is 560 g/mol. The first kappa shape index (κ1) is 27.4. The van der Waals surface area contributed by atoms with E-state index in [0.717, 1.165) is 16.5 Å². The summed E-state index contributed by atoms with van der Waals surface area (Å²) in [5.41, 5.74) is 1.30. The number of benzene rings is 2. The summed E-state index contributed by atoms with van der Waals surface area (Å²) in [5.74, 6) is -3.08. The molecule has 2 aromatic rings. The van der Waals surface area contributed by atoms with Crippen molar-refractivity contribution in [1.82, 2.24) is 14.9 Å². The number of fused-ring (bicyclic) bond motifs is 4. The summed E-state index contributed by atoms with van der Waals surface area (Å²) < 4.78 is 45.6. The fraction of sp³-hybridized carbons (Fsp3) is 0.321. The monoisotopic (exact) mass is 585 g/mol. The Labute approximate surface area is 237 Å². The van der Waals surface area contributed by atoms with Crippen LogP contribution in [-0.4, -0.2) is 76.5 Å². The number of aliphatic hydroxyl groups is 1. The van der Waals surface area contributed by atoms with Gasteiger partial charge in [-0.25, -0.2) is 13.6 Å². The number of amides is 1. The highest BCUT2D eigenvalue weighted by atomic mass is 32.2. The first-order valence-electron chi connectivity index (χ1n) is 12.9. The van der Waals surface area contributed by atoms with Crippen molar-refractivity contribution in [3.8, 4) is 0 Å². The van der Waals surface area contributed by atoms with Crippen molar-refractivity contribution < 1.29 is 42.5 Å². The Bertz CT molecular complexity index is 1500. The molecule has 2 aromatic carbocycles. The van der Waals surface area contributed by atoms with Crippen molar-refractivity contribution in [2.45, 2.75) is 35.9 Å². The molecule has 6 rings (SSSR count). The Hall–Kier alpha value is -3.78. The maximum absolute atomic E-state index is 15.3. The van der Waals surface area contributed by atoms with E-state index in [0.29, 0.717) is 5.56 Å². The van der Waals surface area contributed by atoms with Crippen LogP contribution in [0.2, 0.25) is 0 Å². The molecule has 214 valence electrons. The van der Waals surface area contributed by atoms with Crippen LogP contribution in [0.5, 0.6) is 0 Å². The molecule has 1 N–H and O–H groups in total. The van der Waals surface area contributed by atoms with Gasteiger partial charge in [0.25, 0.3) is 5.91 Å². The van der Waals surface area contributed by atoms with Gasteiger partial charge in [-0.2, -0.15) is 5.01 Å². The van der Waals surface area contributed by atoms with Gasteiger partial charge in [-0.05, 0) is 36.3 Å². The van der Waals surface area contributed by atoms with Gasteiger partial charge >= 0.3 is 6.16 Å². The number of Topliss-reactive ketones (excluding diaryl/α,β-unsaturated/α-hetero) is 1. The van der Waals surface area contributed by atoms with Crippen molar-refractivity contribution in [2.24, 2.45) is 0 Å². The molecule has 2 saturated heterocycles. The number of ether oxygens (including phenoxy) is 3. The van der Waals surface area contributed by atoms with Crippen LogP contribution in [0.4, 0.5) is 13.6 Å². The molecule has 2 fully saturated rings. The summed E-state index contributed by atoms with van der Waals surface area (Å²) >= 11 is 1.37.